The van der Waals surface area contributed by atoms with Gasteiger partial charge in [0, 0.05) is 13.6 Å². The summed E-state index contributed by atoms with van der Waals surface area (Å²) in [7, 11) is 0. The van der Waals surface area contributed by atoms with E-state index in [9.17, 15) is 5.11 Å². The first kappa shape index (κ1) is 16.2. The van der Waals surface area contributed by atoms with Crippen LogP contribution in [0.15, 0.2) is 56.3 Å². The summed E-state index contributed by atoms with van der Waals surface area (Å²) < 4.78 is 7.43. The SMILES string of the molecule is Cc1cc(I)ccc1N=Cc1nc(-c2ccc(Br)cc2)oc1O. The number of aromatic hydroxyl groups is 1. The highest BCUT2D eigenvalue weighted by Crippen LogP contribution is 2.27. The molecule has 0 bridgehead atoms. The summed E-state index contributed by atoms with van der Waals surface area (Å²) in [5.74, 6) is 0.116. The minimum atomic E-state index is -0.241. The summed E-state index contributed by atoms with van der Waals surface area (Å²) >= 11 is 5.63. The molecule has 0 aliphatic rings. The molecule has 2 aromatic carbocycles. The Balaban J connectivity index is 1.89. The lowest BCUT2D eigenvalue weighted by Gasteiger charge is -1.99. The molecule has 0 unspecified atom stereocenters. The van der Waals surface area contributed by atoms with Crippen molar-refractivity contribution in [1.29, 1.82) is 0 Å². The van der Waals surface area contributed by atoms with E-state index in [0.717, 1.165) is 24.9 Å². The van der Waals surface area contributed by atoms with Gasteiger partial charge in [-0.15, -0.1) is 0 Å². The van der Waals surface area contributed by atoms with Crippen molar-refractivity contribution in [2.75, 3.05) is 0 Å². The number of hydrogen-bond donors (Lipinski definition) is 1. The number of aryl methyl sites for hydroxylation is 1. The number of halogens is 2. The lowest BCUT2D eigenvalue weighted by Crippen LogP contribution is -1.84. The normalized spacial score (nSPS) is 11.3. The van der Waals surface area contributed by atoms with E-state index in [4.69, 9.17) is 4.42 Å². The van der Waals surface area contributed by atoms with Crippen LogP contribution in [0.25, 0.3) is 11.5 Å². The van der Waals surface area contributed by atoms with Crippen LogP contribution in [0, 0.1) is 10.5 Å². The van der Waals surface area contributed by atoms with Crippen molar-refractivity contribution in [3.05, 3.63) is 61.8 Å². The van der Waals surface area contributed by atoms with Gasteiger partial charge < -0.3 is 9.52 Å². The average molecular weight is 483 g/mol. The van der Waals surface area contributed by atoms with Crippen molar-refractivity contribution in [3.8, 4) is 17.4 Å². The lowest BCUT2D eigenvalue weighted by molar-refractivity contribution is 0.337. The van der Waals surface area contributed by atoms with Crippen LogP contribution in [0.5, 0.6) is 5.95 Å². The summed E-state index contributed by atoms with van der Waals surface area (Å²) in [6.45, 7) is 1.99. The fourth-order valence-corrected chi connectivity index (χ4v) is 2.93. The molecular weight excluding hydrogens is 471 g/mol. The molecule has 0 atom stereocenters. The van der Waals surface area contributed by atoms with Gasteiger partial charge in [-0.3, -0.25) is 4.99 Å². The summed E-state index contributed by atoms with van der Waals surface area (Å²) in [5, 5.41) is 9.91. The van der Waals surface area contributed by atoms with Crippen molar-refractivity contribution in [2.24, 2.45) is 4.99 Å². The zero-order chi connectivity index (χ0) is 16.4. The van der Waals surface area contributed by atoms with Crippen LogP contribution in [0.3, 0.4) is 0 Å². The molecular formula is C17H12BrIN2O2. The van der Waals surface area contributed by atoms with E-state index in [2.05, 4.69) is 48.5 Å². The van der Waals surface area contributed by atoms with E-state index < -0.39 is 0 Å². The van der Waals surface area contributed by atoms with Crippen LogP contribution in [-0.4, -0.2) is 16.3 Å². The van der Waals surface area contributed by atoms with E-state index in [1.54, 1.807) is 0 Å². The minimum Gasteiger partial charge on any atom is -0.479 e. The van der Waals surface area contributed by atoms with Gasteiger partial charge in [-0.05, 0) is 77.5 Å². The first-order chi connectivity index (χ1) is 11.0. The molecule has 0 fully saturated rings. The Kier molecular flexibility index (Phi) is 4.82. The smallest absolute Gasteiger partial charge is 0.312 e. The number of aromatic nitrogens is 1. The molecule has 0 amide bonds. The third kappa shape index (κ3) is 3.81. The summed E-state index contributed by atoms with van der Waals surface area (Å²) in [5.41, 5.74) is 2.98. The number of oxazole rings is 1. The molecule has 23 heavy (non-hydrogen) atoms. The number of rotatable bonds is 3. The van der Waals surface area contributed by atoms with Gasteiger partial charge in [0.2, 0.25) is 5.89 Å². The molecule has 1 heterocycles. The Bertz CT molecular complexity index is 873. The second kappa shape index (κ2) is 6.84. The van der Waals surface area contributed by atoms with E-state index in [1.165, 1.54) is 6.21 Å². The maximum Gasteiger partial charge on any atom is 0.312 e. The van der Waals surface area contributed by atoms with Gasteiger partial charge in [-0.1, -0.05) is 15.9 Å². The molecule has 0 radical (unpaired) electrons. The second-order valence-electron chi connectivity index (χ2n) is 4.91. The van der Waals surface area contributed by atoms with E-state index in [-0.39, 0.29) is 5.95 Å². The molecule has 1 N–H and O–H groups in total. The predicted molar refractivity (Wildman–Crippen MR) is 102 cm³/mol. The zero-order valence-corrected chi connectivity index (χ0v) is 15.9. The monoisotopic (exact) mass is 482 g/mol. The van der Waals surface area contributed by atoms with Crippen LogP contribution in [0.2, 0.25) is 0 Å². The Labute approximate surface area is 155 Å². The molecule has 3 rings (SSSR count). The van der Waals surface area contributed by atoms with Gasteiger partial charge >= 0.3 is 5.95 Å². The van der Waals surface area contributed by atoms with Crippen molar-refractivity contribution < 1.29 is 9.52 Å². The van der Waals surface area contributed by atoms with E-state index >= 15 is 0 Å². The minimum absolute atomic E-state index is 0.241. The van der Waals surface area contributed by atoms with Gasteiger partial charge in [-0.2, -0.15) is 0 Å². The maximum absolute atomic E-state index is 9.91. The number of hydrogen-bond acceptors (Lipinski definition) is 4. The molecule has 4 nitrogen and oxygen atoms in total. The van der Waals surface area contributed by atoms with Gasteiger partial charge in [0.25, 0.3) is 0 Å². The zero-order valence-electron chi connectivity index (χ0n) is 12.1. The topological polar surface area (TPSA) is 58.6 Å². The molecule has 0 aliphatic carbocycles. The highest BCUT2D eigenvalue weighted by atomic mass is 127. The van der Waals surface area contributed by atoms with Crippen LogP contribution >= 0.6 is 38.5 Å². The highest BCUT2D eigenvalue weighted by Gasteiger charge is 2.12. The van der Waals surface area contributed by atoms with Crippen molar-refractivity contribution in [3.63, 3.8) is 0 Å². The number of benzene rings is 2. The highest BCUT2D eigenvalue weighted by molar-refractivity contribution is 14.1. The van der Waals surface area contributed by atoms with E-state index in [1.807, 2.05) is 49.4 Å². The van der Waals surface area contributed by atoms with Gasteiger partial charge in [-0.25, -0.2) is 4.98 Å². The Morgan fingerprint density at radius 2 is 1.96 bits per heavy atom. The number of aliphatic imine (C=N–C) groups is 1. The van der Waals surface area contributed by atoms with E-state index in [0.29, 0.717) is 11.6 Å². The Hall–Kier alpha value is -1.67. The fourth-order valence-electron chi connectivity index (χ4n) is 2.02. The van der Waals surface area contributed by atoms with Crippen LogP contribution in [-0.2, 0) is 0 Å². The van der Waals surface area contributed by atoms with Gasteiger partial charge in [0.15, 0.2) is 5.69 Å². The molecule has 116 valence electrons. The molecule has 0 saturated heterocycles. The predicted octanol–water partition coefficient (Wildman–Crippen LogP) is 5.47. The first-order valence-electron chi connectivity index (χ1n) is 6.79. The number of nitrogens with zero attached hydrogens (tertiary/aromatic N) is 2. The molecule has 6 heteroatoms. The largest absolute Gasteiger partial charge is 0.479 e. The third-order valence-electron chi connectivity index (χ3n) is 3.21. The van der Waals surface area contributed by atoms with Gasteiger partial charge in [0.05, 0.1) is 11.9 Å². The maximum atomic E-state index is 9.91. The molecule has 0 spiro atoms. The molecule has 3 aromatic rings. The summed E-state index contributed by atoms with van der Waals surface area (Å²) in [6.07, 6.45) is 1.51. The fraction of sp³-hybridized carbons (Fsp3) is 0.0588. The molecule has 0 saturated carbocycles. The van der Waals surface area contributed by atoms with Crippen LogP contribution in [0.4, 0.5) is 5.69 Å². The lowest BCUT2D eigenvalue weighted by atomic mass is 10.2. The van der Waals surface area contributed by atoms with Crippen molar-refractivity contribution >= 4 is 50.4 Å². The van der Waals surface area contributed by atoms with Crippen molar-refractivity contribution in [1.82, 2.24) is 4.98 Å². The van der Waals surface area contributed by atoms with Gasteiger partial charge in [0.1, 0.15) is 0 Å². The standard InChI is InChI=1S/C17H12BrIN2O2/c1-10-8-13(19)6-7-14(10)20-9-15-17(22)23-16(21-15)11-2-4-12(18)5-3-11/h2-9,22H,1H3. The Morgan fingerprint density at radius 3 is 2.65 bits per heavy atom. The average Bonchev–Trinajstić information content (AvgIpc) is 2.88. The first-order valence-corrected chi connectivity index (χ1v) is 8.66. The molecule has 0 aliphatic heterocycles. The Morgan fingerprint density at radius 1 is 1.22 bits per heavy atom. The summed E-state index contributed by atoms with van der Waals surface area (Å²) in [6, 6.07) is 13.5. The van der Waals surface area contributed by atoms with Crippen LogP contribution in [0.1, 0.15) is 11.3 Å². The quantitative estimate of drug-likeness (QED) is 0.397. The third-order valence-corrected chi connectivity index (χ3v) is 4.41. The van der Waals surface area contributed by atoms with Crippen LogP contribution < -0.4 is 0 Å². The summed E-state index contributed by atoms with van der Waals surface area (Å²) in [4.78, 5) is 8.67. The molecule has 1 aromatic heterocycles. The second-order valence-corrected chi connectivity index (χ2v) is 7.07. The van der Waals surface area contributed by atoms with Crippen molar-refractivity contribution in [2.45, 2.75) is 6.92 Å².